The minimum absolute atomic E-state index is 0.0711. The number of anilines is 1. The molecule has 0 saturated heterocycles. The monoisotopic (exact) mass is 249 g/mol. The molecule has 2 N–H and O–H groups in total. The van der Waals surface area contributed by atoms with Crippen LogP contribution in [0.4, 0.5) is 10.5 Å². The van der Waals surface area contributed by atoms with Gasteiger partial charge in [0.1, 0.15) is 0 Å². The Morgan fingerprint density at radius 3 is 2.61 bits per heavy atom. The fraction of sp³-hybridized carbons (Fsp3) is 0.500. The van der Waals surface area contributed by atoms with Crippen LogP contribution >= 0.6 is 0 Å². The molecule has 1 aromatic carbocycles. The fourth-order valence-electron chi connectivity index (χ4n) is 1.80. The molecule has 0 aliphatic carbocycles. The highest BCUT2D eigenvalue weighted by molar-refractivity contribution is 5.74. The summed E-state index contributed by atoms with van der Waals surface area (Å²) in [4.78, 5) is 15.8. The lowest BCUT2D eigenvalue weighted by Gasteiger charge is -2.27. The van der Waals surface area contributed by atoms with Crippen LogP contribution in [0.25, 0.3) is 0 Å². The Hall–Kier alpha value is -1.71. The van der Waals surface area contributed by atoms with Gasteiger partial charge in [0, 0.05) is 32.4 Å². The van der Waals surface area contributed by atoms with Crippen LogP contribution in [0, 0.1) is 0 Å². The van der Waals surface area contributed by atoms with Gasteiger partial charge in [-0.05, 0) is 31.0 Å². The molecule has 18 heavy (non-hydrogen) atoms. The Labute approximate surface area is 109 Å². The van der Waals surface area contributed by atoms with E-state index in [1.807, 2.05) is 43.1 Å². The molecular weight excluding hydrogens is 226 g/mol. The van der Waals surface area contributed by atoms with E-state index in [1.54, 1.807) is 4.90 Å². The van der Waals surface area contributed by atoms with E-state index in [0.29, 0.717) is 6.54 Å². The standard InChI is InChI=1S/C14H23N3O/c1-4-9-17(14(18)16(3)5-2)11-12-7-6-8-13(15)10-12/h6-8,10H,4-5,9,11,15H2,1-3H3. The summed E-state index contributed by atoms with van der Waals surface area (Å²) in [6.07, 6.45) is 0.950. The second-order valence-corrected chi connectivity index (χ2v) is 4.46. The summed E-state index contributed by atoms with van der Waals surface area (Å²) in [6.45, 7) is 6.14. The van der Waals surface area contributed by atoms with Gasteiger partial charge in [-0.1, -0.05) is 19.1 Å². The van der Waals surface area contributed by atoms with Crippen molar-refractivity contribution in [3.63, 3.8) is 0 Å². The lowest BCUT2D eigenvalue weighted by molar-refractivity contribution is 0.162. The van der Waals surface area contributed by atoms with Crippen LogP contribution < -0.4 is 5.73 Å². The first-order valence-electron chi connectivity index (χ1n) is 6.43. The smallest absolute Gasteiger partial charge is 0.320 e. The number of nitrogens with zero attached hydrogens (tertiary/aromatic N) is 2. The molecule has 0 aliphatic rings. The van der Waals surface area contributed by atoms with Crippen molar-refractivity contribution in [2.75, 3.05) is 25.9 Å². The fourth-order valence-corrected chi connectivity index (χ4v) is 1.80. The van der Waals surface area contributed by atoms with E-state index < -0.39 is 0 Å². The van der Waals surface area contributed by atoms with Gasteiger partial charge in [0.05, 0.1) is 0 Å². The van der Waals surface area contributed by atoms with Crippen molar-refractivity contribution in [3.8, 4) is 0 Å². The number of hydrogen-bond donors (Lipinski definition) is 1. The van der Waals surface area contributed by atoms with Gasteiger partial charge in [0.15, 0.2) is 0 Å². The number of benzene rings is 1. The van der Waals surface area contributed by atoms with E-state index in [2.05, 4.69) is 6.92 Å². The maximum Gasteiger partial charge on any atom is 0.320 e. The third kappa shape index (κ3) is 3.95. The number of carbonyl (C=O) groups excluding carboxylic acids is 1. The predicted octanol–water partition coefficient (Wildman–Crippen LogP) is 2.55. The Kier molecular flexibility index (Phi) is 5.49. The molecule has 1 rings (SSSR count). The molecule has 2 amide bonds. The van der Waals surface area contributed by atoms with Gasteiger partial charge in [0.25, 0.3) is 0 Å². The summed E-state index contributed by atoms with van der Waals surface area (Å²) in [5.74, 6) is 0. The van der Waals surface area contributed by atoms with E-state index in [1.165, 1.54) is 0 Å². The van der Waals surface area contributed by atoms with Crippen molar-refractivity contribution in [1.29, 1.82) is 0 Å². The molecule has 0 radical (unpaired) electrons. The number of carbonyl (C=O) groups is 1. The molecule has 1 aromatic rings. The SMILES string of the molecule is CCCN(Cc1cccc(N)c1)C(=O)N(C)CC. The Morgan fingerprint density at radius 1 is 1.33 bits per heavy atom. The highest BCUT2D eigenvalue weighted by Gasteiger charge is 2.16. The minimum Gasteiger partial charge on any atom is -0.399 e. The van der Waals surface area contributed by atoms with Crippen LogP contribution in [-0.4, -0.2) is 36.0 Å². The normalized spacial score (nSPS) is 10.2. The van der Waals surface area contributed by atoms with Crippen molar-refractivity contribution in [2.24, 2.45) is 0 Å². The van der Waals surface area contributed by atoms with Crippen LogP contribution in [0.1, 0.15) is 25.8 Å². The molecule has 100 valence electrons. The number of amides is 2. The molecule has 0 atom stereocenters. The number of urea groups is 1. The first-order chi connectivity index (χ1) is 8.58. The molecular formula is C14H23N3O. The third-order valence-corrected chi connectivity index (χ3v) is 2.89. The molecule has 0 fully saturated rings. The van der Waals surface area contributed by atoms with Crippen molar-refractivity contribution in [2.45, 2.75) is 26.8 Å². The van der Waals surface area contributed by atoms with Crippen molar-refractivity contribution in [3.05, 3.63) is 29.8 Å². The zero-order valence-corrected chi connectivity index (χ0v) is 11.5. The molecule has 0 aliphatic heterocycles. The van der Waals surface area contributed by atoms with Gasteiger partial charge < -0.3 is 15.5 Å². The molecule has 0 spiro atoms. The Bertz CT molecular complexity index is 392. The molecule has 4 nitrogen and oxygen atoms in total. The van der Waals surface area contributed by atoms with Gasteiger partial charge in [-0.2, -0.15) is 0 Å². The topological polar surface area (TPSA) is 49.6 Å². The van der Waals surface area contributed by atoms with Crippen molar-refractivity contribution in [1.82, 2.24) is 9.80 Å². The van der Waals surface area contributed by atoms with Crippen molar-refractivity contribution < 1.29 is 4.79 Å². The van der Waals surface area contributed by atoms with Gasteiger partial charge in [-0.25, -0.2) is 4.79 Å². The van der Waals surface area contributed by atoms with E-state index in [9.17, 15) is 4.79 Å². The second kappa shape index (κ2) is 6.89. The van der Waals surface area contributed by atoms with Crippen molar-refractivity contribution >= 4 is 11.7 Å². The van der Waals surface area contributed by atoms with Crippen LogP contribution in [0.3, 0.4) is 0 Å². The first-order valence-corrected chi connectivity index (χ1v) is 6.43. The maximum atomic E-state index is 12.2. The largest absolute Gasteiger partial charge is 0.399 e. The van der Waals surface area contributed by atoms with Crippen LogP contribution in [0.5, 0.6) is 0 Å². The summed E-state index contributed by atoms with van der Waals surface area (Å²) in [5, 5.41) is 0. The minimum atomic E-state index is 0.0711. The van der Waals surface area contributed by atoms with Crippen LogP contribution in [0.2, 0.25) is 0 Å². The second-order valence-electron chi connectivity index (χ2n) is 4.46. The van der Waals surface area contributed by atoms with E-state index in [4.69, 9.17) is 5.73 Å². The van der Waals surface area contributed by atoms with E-state index >= 15 is 0 Å². The average Bonchev–Trinajstić information content (AvgIpc) is 2.36. The van der Waals surface area contributed by atoms with Gasteiger partial charge in [0.2, 0.25) is 0 Å². The van der Waals surface area contributed by atoms with Gasteiger partial charge in [-0.3, -0.25) is 0 Å². The molecule has 0 saturated carbocycles. The molecule has 0 heterocycles. The lowest BCUT2D eigenvalue weighted by Crippen LogP contribution is -2.41. The molecule has 0 aromatic heterocycles. The zero-order chi connectivity index (χ0) is 13.5. The van der Waals surface area contributed by atoms with E-state index in [-0.39, 0.29) is 6.03 Å². The predicted molar refractivity (Wildman–Crippen MR) is 75.3 cm³/mol. The number of nitrogens with two attached hydrogens (primary N) is 1. The quantitative estimate of drug-likeness (QED) is 0.815. The van der Waals surface area contributed by atoms with Crippen LogP contribution in [-0.2, 0) is 6.54 Å². The summed E-state index contributed by atoms with van der Waals surface area (Å²) in [7, 11) is 1.82. The molecule has 4 heteroatoms. The number of nitrogen functional groups attached to an aromatic ring is 1. The van der Waals surface area contributed by atoms with Gasteiger partial charge >= 0.3 is 6.03 Å². The Balaban J connectivity index is 2.77. The summed E-state index contributed by atoms with van der Waals surface area (Å²) < 4.78 is 0. The highest BCUT2D eigenvalue weighted by atomic mass is 16.2. The lowest BCUT2D eigenvalue weighted by atomic mass is 10.2. The maximum absolute atomic E-state index is 12.2. The average molecular weight is 249 g/mol. The number of hydrogen-bond acceptors (Lipinski definition) is 2. The molecule has 0 unspecified atom stereocenters. The summed E-state index contributed by atoms with van der Waals surface area (Å²) in [5.41, 5.74) is 7.56. The summed E-state index contributed by atoms with van der Waals surface area (Å²) >= 11 is 0. The highest BCUT2D eigenvalue weighted by Crippen LogP contribution is 2.11. The van der Waals surface area contributed by atoms with Gasteiger partial charge in [-0.15, -0.1) is 0 Å². The van der Waals surface area contributed by atoms with Crippen LogP contribution in [0.15, 0.2) is 24.3 Å². The van der Waals surface area contributed by atoms with E-state index in [0.717, 1.165) is 30.8 Å². The third-order valence-electron chi connectivity index (χ3n) is 2.89. The first kappa shape index (κ1) is 14.4. The Morgan fingerprint density at radius 2 is 2.06 bits per heavy atom. The number of rotatable bonds is 5. The summed E-state index contributed by atoms with van der Waals surface area (Å²) in [6, 6.07) is 7.76. The zero-order valence-electron chi connectivity index (χ0n) is 11.5. The molecule has 0 bridgehead atoms.